The lowest BCUT2D eigenvalue weighted by Crippen LogP contribution is -2.68. The molecule has 1 aromatic heterocycles. The number of hydrogen-bond donors (Lipinski definition) is 4. The number of carbonyl (C=O) groups excluding carboxylic acids is 1. The monoisotopic (exact) mass is 580 g/mol. The first kappa shape index (κ1) is 29.9. The minimum atomic E-state index is -4.18. The largest absolute Gasteiger partial charge is 0.481 e. The zero-order valence-electron chi connectivity index (χ0n) is 23.4. The van der Waals surface area contributed by atoms with E-state index in [1.807, 2.05) is 6.07 Å². The van der Waals surface area contributed by atoms with E-state index in [9.17, 15) is 23.1 Å². The van der Waals surface area contributed by atoms with Gasteiger partial charge in [0, 0.05) is 48.2 Å². The van der Waals surface area contributed by atoms with Crippen LogP contribution in [-0.4, -0.2) is 60.2 Å². The number of carbonyl (C=O) groups is 2. The fourth-order valence-electron chi connectivity index (χ4n) is 4.77. The van der Waals surface area contributed by atoms with Gasteiger partial charge < -0.3 is 20.6 Å². The number of piperidine rings is 1. The minimum absolute atomic E-state index is 0.0352. The van der Waals surface area contributed by atoms with Crippen LogP contribution in [0.25, 0.3) is 0 Å². The van der Waals surface area contributed by atoms with E-state index >= 15 is 0 Å². The molecule has 0 spiro atoms. The Balaban J connectivity index is 1.53. The maximum absolute atomic E-state index is 13.6. The Hall–Kier alpha value is -4.03. The van der Waals surface area contributed by atoms with E-state index in [4.69, 9.17) is 0 Å². The van der Waals surface area contributed by atoms with E-state index in [2.05, 4.69) is 30.2 Å². The molecular weight excluding hydrogens is 544 g/mol. The standard InChI is InChI=1S/C29H36N6O5S/c1-28(2,3)29(20-25(36)37,34-41(39,40)24-11-5-4-6-12-24)33-26(38)21-9-7-10-23(19-21)35-17-13-22(14-18-35)32-27-30-15-8-16-31-27/h4-12,15-16,19,22,34H,13-14,17-18,20H2,1-3H3,(H,33,38)(H,36,37)(H,30,31,32). The smallest absolute Gasteiger partial charge is 0.307 e. The van der Waals surface area contributed by atoms with Gasteiger partial charge in [0.15, 0.2) is 0 Å². The zero-order chi connectivity index (χ0) is 29.7. The van der Waals surface area contributed by atoms with Crippen LogP contribution < -0.4 is 20.3 Å². The van der Waals surface area contributed by atoms with Crippen LogP contribution >= 0.6 is 0 Å². The molecule has 4 N–H and O–H groups in total. The van der Waals surface area contributed by atoms with Gasteiger partial charge >= 0.3 is 5.97 Å². The molecule has 2 heterocycles. The van der Waals surface area contributed by atoms with Crippen LogP contribution in [0.15, 0.2) is 78.0 Å². The second-order valence-electron chi connectivity index (χ2n) is 11.1. The van der Waals surface area contributed by atoms with Gasteiger partial charge in [-0.15, -0.1) is 0 Å². The summed E-state index contributed by atoms with van der Waals surface area (Å²) in [6.07, 6.45) is 4.42. The van der Waals surface area contributed by atoms with E-state index in [1.165, 1.54) is 12.1 Å². The van der Waals surface area contributed by atoms with Crippen LogP contribution in [0.1, 0.15) is 50.4 Å². The number of rotatable bonds is 10. The molecule has 1 aliphatic rings. The number of hydrogen-bond acceptors (Lipinski definition) is 8. The van der Waals surface area contributed by atoms with Crippen LogP contribution in [0.3, 0.4) is 0 Å². The second-order valence-corrected chi connectivity index (χ2v) is 12.8. The first-order chi connectivity index (χ1) is 19.4. The number of benzene rings is 2. The predicted octanol–water partition coefficient (Wildman–Crippen LogP) is 3.48. The molecule has 1 unspecified atom stereocenters. The third-order valence-corrected chi connectivity index (χ3v) is 8.76. The maximum atomic E-state index is 13.6. The fraction of sp³-hybridized carbons (Fsp3) is 0.379. The number of aromatic nitrogens is 2. The molecule has 1 aliphatic heterocycles. The van der Waals surface area contributed by atoms with Crippen LogP contribution in [0.5, 0.6) is 0 Å². The molecule has 218 valence electrons. The number of amides is 1. The summed E-state index contributed by atoms with van der Waals surface area (Å²) < 4.78 is 29.2. The van der Waals surface area contributed by atoms with Crippen LogP contribution in [0.2, 0.25) is 0 Å². The average Bonchev–Trinajstić information content (AvgIpc) is 2.93. The Bertz CT molecular complexity index is 1460. The number of anilines is 2. The summed E-state index contributed by atoms with van der Waals surface area (Å²) in [6, 6.07) is 16.7. The molecule has 1 saturated heterocycles. The van der Waals surface area contributed by atoms with Crippen molar-refractivity contribution in [1.82, 2.24) is 20.0 Å². The Labute approximate surface area is 240 Å². The molecule has 3 aromatic rings. The highest BCUT2D eigenvalue weighted by molar-refractivity contribution is 7.89. The Morgan fingerprint density at radius 3 is 2.24 bits per heavy atom. The van der Waals surface area contributed by atoms with Gasteiger partial charge in [-0.3, -0.25) is 9.59 Å². The van der Waals surface area contributed by atoms with Crippen molar-refractivity contribution in [3.8, 4) is 0 Å². The Kier molecular flexibility index (Phi) is 8.93. The number of nitrogens with one attached hydrogen (secondary N) is 3. The van der Waals surface area contributed by atoms with E-state index in [0.29, 0.717) is 11.5 Å². The molecule has 12 heteroatoms. The highest BCUT2D eigenvalue weighted by Crippen LogP contribution is 2.34. The summed E-state index contributed by atoms with van der Waals surface area (Å²) in [5.41, 5.74) is -1.71. The molecule has 1 amide bonds. The van der Waals surface area contributed by atoms with E-state index < -0.39 is 39.4 Å². The van der Waals surface area contributed by atoms with E-state index in [1.54, 1.807) is 75.6 Å². The SMILES string of the molecule is CC(C)(C)C(CC(=O)O)(NC(=O)c1cccc(N2CCC(Nc3ncccn3)CC2)c1)NS(=O)(=O)c1ccccc1. The molecule has 41 heavy (non-hydrogen) atoms. The lowest BCUT2D eigenvalue weighted by Gasteiger charge is -2.44. The number of sulfonamides is 1. The normalized spacial score (nSPS) is 16.0. The molecule has 11 nitrogen and oxygen atoms in total. The quantitative estimate of drug-likeness (QED) is 0.264. The van der Waals surface area contributed by atoms with Crippen LogP contribution in [0, 0.1) is 5.41 Å². The van der Waals surface area contributed by atoms with E-state index in [-0.39, 0.29) is 10.9 Å². The van der Waals surface area contributed by atoms with Crippen LogP contribution in [0.4, 0.5) is 11.6 Å². The first-order valence-corrected chi connectivity index (χ1v) is 14.9. The maximum Gasteiger partial charge on any atom is 0.307 e. The second kappa shape index (κ2) is 12.2. The summed E-state index contributed by atoms with van der Waals surface area (Å²) >= 11 is 0. The van der Waals surface area contributed by atoms with Gasteiger partial charge in [-0.1, -0.05) is 45.0 Å². The average molecular weight is 581 g/mol. The van der Waals surface area contributed by atoms with Crippen molar-refractivity contribution < 1.29 is 23.1 Å². The third-order valence-electron chi connectivity index (χ3n) is 7.25. The summed E-state index contributed by atoms with van der Waals surface area (Å²) in [4.78, 5) is 36.2. The molecule has 0 aliphatic carbocycles. The first-order valence-electron chi connectivity index (χ1n) is 13.4. The molecule has 0 bridgehead atoms. The highest BCUT2D eigenvalue weighted by Gasteiger charge is 2.48. The zero-order valence-corrected chi connectivity index (χ0v) is 24.2. The van der Waals surface area contributed by atoms with Gasteiger partial charge in [-0.05, 0) is 49.2 Å². The molecule has 2 aromatic carbocycles. The molecule has 0 saturated carbocycles. The lowest BCUT2D eigenvalue weighted by molar-refractivity contribution is -0.140. The van der Waals surface area contributed by atoms with E-state index in [0.717, 1.165) is 31.6 Å². The molecule has 4 rings (SSSR count). The van der Waals surface area contributed by atoms with Crippen LogP contribution in [-0.2, 0) is 14.8 Å². The van der Waals surface area contributed by atoms with Crippen molar-refractivity contribution >= 4 is 33.5 Å². The van der Waals surface area contributed by atoms with Gasteiger partial charge in [0.1, 0.15) is 5.66 Å². The number of carboxylic acids is 1. The molecule has 1 atom stereocenters. The van der Waals surface area contributed by atoms with Gasteiger partial charge in [-0.25, -0.2) is 18.4 Å². The molecule has 1 fully saturated rings. The fourth-order valence-corrected chi connectivity index (χ4v) is 6.30. The van der Waals surface area contributed by atoms with Crippen molar-refractivity contribution in [3.63, 3.8) is 0 Å². The highest BCUT2D eigenvalue weighted by atomic mass is 32.2. The predicted molar refractivity (Wildman–Crippen MR) is 156 cm³/mol. The lowest BCUT2D eigenvalue weighted by atomic mass is 9.78. The number of nitrogens with zero attached hydrogens (tertiary/aromatic N) is 3. The van der Waals surface area contributed by atoms with Gasteiger partial charge in [-0.2, -0.15) is 4.72 Å². The number of carboxylic acid groups (broad SMARTS) is 1. The molecular formula is C29H36N6O5S. The summed E-state index contributed by atoms with van der Waals surface area (Å²) in [5.74, 6) is -1.25. The van der Waals surface area contributed by atoms with Crippen molar-refractivity contribution in [2.45, 2.75) is 56.6 Å². The number of aliphatic carboxylic acids is 1. The summed E-state index contributed by atoms with van der Waals surface area (Å²) in [7, 11) is -4.18. The topological polar surface area (TPSA) is 154 Å². The summed E-state index contributed by atoms with van der Waals surface area (Å²) in [6.45, 7) is 6.53. The van der Waals surface area contributed by atoms with Gasteiger partial charge in [0.05, 0.1) is 11.3 Å². The Morgan fingerprint density at radius 1 is 0.976 bits per heavy atom. The van der Waals surface area contributed by atoms with Crippen molar-refractivity contribution in [2.24, 2.45) is 5.41 Å². The van der Waals surface area contributed by atoms with Crippen molar-refractivity contribution in [2.75, 3.05) is 23.3 Å². The summed E-state index contributed by atoms with van der Waals surface area (Å²) in [5, 5.41) is 15.9. The van der Waals surface area contributed by atoms with Gasteiger partial charge in [0.25, 0.3) is 5.91 Å². The third kappa shape index (κ3) is 7.39. The molecule has 0 radical (unpaired) electrons. The van der Waals surface area contributed by atoms with Gasteiger partial charge in [0.2, 0.25) is 16.0 Å². The minimum Gasteiger partial charge on any atom is -0.481 e. The van der Waals surface area contributed by atoms with Crippen molar-refractivity contribution in [1.29, 1.82) is 0 Å². The van der Waals surface area contributed by atoms with Crippen molar-refractivity contribution in [3.05, 3.63) is 78.6 Å². The Morgan fingerprint density at radius 2 is 1.63 bits per heavy atom.